The van der Waals surface area contributed by atoms with E-state index in [1.807, 2.05) is 13.0 Å². The minimum atomic E-state index is -0.237. The van der Waals surface area contributed by atoms with E-state index in [1.54, 1.807) is 13.3 Å². The fraction of sp³-hybridized carbons (Fsp3) is 0.583. The molecule has 0 aliphatic carbocycles. The molecule has 0 saturated heterocycles. The number of ether oxygens (including phenoxy) is 1. The van der Waals surface area contributed by atoms with E-state index < -0.39 is 0 Å². The fourth-order valence-corrected chi connectivity index (χ4v) is 2.02. The molecule has 1 rings (SSSR count). The summed E-state index contributed by atoms with van der Waals surface area (Å²) in [6.07, 6.45) is 1.64. The first-order chi connectivity index (χ1) is 7.49. The molecule has 4 heteroatoms. The number of hydrogen-bond acceptors (Lipinski definition) is 4. The Hall–Kier alpha value is -1.13. The van der Waals surface area contributed by atoms with Crippen LogP contribution in [0.1, 0.15) is 31.0 Å². The van der Waals surface area contributed by atoms with Crippen molar-refractivity contribution in [1.29, 1.82) is 0 Å². The zero-order valence-corrected chi connectivity index (χ0v) is 10.4. The van der Waals surface area contributed by atoms with E-state index in [-0.39, 0.29) is 12.1 Å². The minimum Gasteiger partial charge on any atom is -0.383 e. The van der Waals surface area contributed by atoms with E-state index in [2.05, 4.69) is 18.8 Å². The van der Waals surface area contributed by atoms with Gasteiger partial charge < -0.3 is 16.2 Å². The number of nitrogens with zero attached hydrogens (tertiary/aromatic N) is 1. The molecule has 0 aromatic carbocycles. The van der Waals surface area contributed by atoms with Crippen molar-refractivity contribution in [3.8, 4) is 0 Å². The van der Waals surface area contributed by atoms with Crippen molar-refractivity contribution in [3.05, 3.63) is 23.4 Å². The van der Waals surface area contributed by atoms with Crippen molar-refractivity contribution < 1.29 is 4.74 Å². The van der Waals surface area contributed by atoms with Gasteiger partial charge in [-0.25, -0.2) is 4.98 Å². The van der Waals surface area contributed by atoms with Crippen LogP contribution >= 0.6 is 0 Å². The summed E-state index contributed by atoms with van der Waals surface area (Å²) in [6.45, 7) is 6.14. The van der Waals surface area contributed by atoms with Gasteiger partial charge in [-0.2, -0.15) is 0 Å². The number of aryl methyl sites for hydroxylation is 1. The van der Waals surface area contributed by atoms with Crippen LogP contribution in [0.2, 0.25) is 0 Å². The summed E-state index contributed by atoms with van der Waals surface area (Å²) in [5.41, 5.74) is 14.0. The number of hydrogen-bond donors (Lipinski definition) is 2. The normalized spacial score (nSPS) is 15.1. The lowest BCUT2D eigenvalue weighted by Gasteiger charge is -2.27. The quantitative estimate of drug-likeness (QED) is 0.813. The highest BCUT2D eigenvalue weighted by atomic mass is 16.5. The van der Waals surface area contributed by atoms with E-state index in [1.165, 1.54) is 0 Å². The summed E-state index contributed by atoms with van der Waals surface area (Å²) in [4.78, 5) is 4.08. The van der Waals surface area contributed by atoms with Gasteiger partial charge in [-0.15, -0.1) is 0 Å². The number of rotatable bonds is 4. The zero-order chi connectivity index (χ0) is 12.3. The van der Waals surface area contributed by atoms with E-state index in [0.29, 0.717) is 11.7 Å². The molecule has 4 N–H and O–H groups in total. The summed E-state index contributed by atoms with van der Waals surface area (Å²) in [5.74, 6) is 0.828. The SMILES string of the molecule is COC(C(C)C)C(N)c1c(C)ccnc1N. The highest BCUT2D eigenvalue weighted by molar-refractivity contribution is 5.46. The Kier molecular flexibility index (Phi) is 4.26. The van der Waals surface area contributed by atoms with Crippen molar-refractivity contribution in [3.63, 3.8) is 0 Å². The third-order valence-electron chi connectivity index (χ3n) is 2.86. The van der Waals surface area contributed by atoms with Gasteiger partial charge >= 0.3 is 0 Å². The van der Waals surface area contributed by atoms with Crippen molar-refractivity contribution in [2.75, 3.05) is 12.8 Å². The van der Waals surface area contributed by atoms with E-state index >= 15 is 0 Å². The Balaban J connectivity index is 3.08. The number of aromatic nitrogens is 1. The maximum atomic E-state index is 6.21. The van der Waals surface area contributed by atoms with Crippen LogP contribution in [-0.4, -0.2) is 18.2 Å². The lowest BCUT2D eigenvalue weighted by molar-refractivity contribution is 0.0437. The molecule has 0 bridgehead atoms. The molecule has 0 saturated carbocycles. The van der Waals surface area contributed by atoms with Gasteiger partial charge in [-0.3, -0.25) is 0 Å². The van der Waals surface area contributed by atoms with E-state index in [9.17, 15) is 0 Å². The highest BCUT2D eigenvalue weighted by Crippen LogP contribution is 2.27. The van der Waals surface area contributed by atoms with Gasteiger partial charge in [0, 0.05) is 18.9 Å². The van der Waals surface area contributed by atoms with Crippen LogP contribution in [0.15, 0.2) is 12.3 Å². The Morgan fingerprint density at radius 2 is 2.00 bits per heavy atom. The number of methoxy groups -OCH3 is 1. The van der Waals surface area contributed by atoms with Crippen molar-refractivity contribution in [1.82, 2.24) is 4.98 Å². The second-order valence-electron chi connectivity index (χ2n) is 4.40. The molecule has 0 fully saturated rings. The van der Waals surface area contributed by atoms with Crippen LogP contribution in [-0.2, 0) is 4.74 Å². The second-order valence-corrected chi connectivity index (χ2v) is 4.40. The van der Waals surface area contributed by atoms with Gasteiger partial charge in [0.1, 0.15) is 5.82 Å². The Bertz CT molecular complexity index is 332. The smallest absolute Gasteiger partial charge is 0.128 e. The van der Waals surface area contributed by atoms with Gasteiger partial charge in [0.2, 0.25) is 0 Å². The molecule has 1 aromatic rings. The average molecular weight is 223 g/mol. The van der Waals surface area contributed by atoms with Crippen LogP contribution in [0.4, 0.5) is 5.82 Å². The number of nitrogens with two attached hydrogens (primary N) is 2. The fourth-order valence-electron chi connectivity index (χ4n) is 2.02. The maximum absolute atomic E-state index is 6.21. The number of anilines is 1. The monoisotopic (exact) mass is 223 g/mol. The van der Waals surface area contributed by atoms with Gasteiger partial charge in [0.15, 0.2) is 0 Å². The average Bonchev–Trinajstić information content (AvgIpc) is 2.17. The molecule has 0 aliphatic heterocycles. The lowest BCUT2D eigenvalue weighted by Crippen LogP contribution is -2.33. The highest BCUT2D eigenvalue weighted by Gasteiger charge is 2.25. The molecule has 1 heterocycles. The van der Waals surface area contributed by atoms with Crippen molar-refractivity contribution >= 4 is 5.82 Å². The largest absolute Gasteiger partial charge is 0.383 e. The molecule has 0 amide bonds. The molecular formula is C12H21N3O. The molecule has 0 spiro atoms. The second kappa shape index (κ2) is 5.27. The molecule has 4 nitrogen and oxygen atoms in total. The van der Waals surface area contributed by atoms with Gasteiger partial charge in [0.05, 0.1) is 12.1 Å². The third kappa shape index (κ3) is 2.51. The van der Waals surface area contributed by atoms with Crippen molar-refractivity contribution in [2.24, 2.45) is 11.7 Å². The number of nitrogen functional groups attached to an aromatic ring is 1. The summed E-state index contributed by atoms with van der Waals surface area (Å²) in [5, 5.41) is 0. The predicted molar refractivity (Wildman–Crippen MR) is 65.9 cm³/mol. The predicted octanol–water partition coefficient (Wildman–Crippen LogP) is 1.64. The van der Waals surface area contributed by atoms with E-state index in [0.717, 1.165) is 11.1 Å². The van der Waals surface area contributed by atoms with Crippen LogP contribution < -0.4 is 11.5 Å². The lowest BCUT2D eigenvalue weighted by atomic mass is 9.92. The van der Waals surface area contributed by atoms with Gasteiger partial charge in [0.25, 0.3) is 0 Å². The molecule has 0 radical (unpaired) electrons. The first-order valence-corrected chi connectivity index (χ1v) is 5.48. The minimum absolute atomic E-state index is 0.0507. The summed E-state index contributed by atoms with van der Waals surface area (Å²) >= 11 is 0. The standard InChI is InChI=1S/C12H21N3O/c1-7(2)11(16-4)10(13)9-8(3)5-6-15-12(9)14/h5-7,10-11H,13H2,1-4H3,(H2,14,15). The number of pyridine rings is 1. The topological polar surface area (TPSA) is 74.2 Å². The molecule has 2 atom stereocenters. The third-order valence-corrected chi connectivity index (χ3v) is 2.86. The van der Waals surface area contributed by atoms with Crippen LogP contribution in [0, 0.1) is 12.8 Å². The van der Waals surface area contributed by atoms with Crippen molar-refractivity contribution in [2.45, 2.75) is 32.9 Å². The molecule has 16 heavy (non-hydrogen) atoms. The Morgan fingerprint density at radius 1 is 1.38 bits per heavy atom. The molecular weight excluding hydrogens is 202 g/mol. The van der Waals surface area contributed by atoms with Crippen LogP contribution in [0.5, 0.6) is 0 Å². The van der Waals surface area contributed by atoms with Crippen LogP contribution in [0.3, 0.4) is 0 Å². The molecule has 1 aromatic heterocycles. The Labute approximate surface area is 97.0 Å². The van der Waals surface area contributed by atoms with Gasteiger partial charge in [-0.1, -0.05) is 13.8 Å². The first kappa shape index (κ1) is 12.9. The van der Waals surface area contributed by atoms with E-state index in [4.69, 9.17) is 16.2 Å². The summed E-state index contributed by atoms with van der Waals surface area (Å²) < 4.78 is 5.43. The molecule has 90 valence electrons. The first-order valence-electron chi connectivity index (χ1n) is 5.48. The summed E-state index contributed by atoms with van der Waals surface area (Å²) in [7, 11) is 1.67. The Morgan fingerprint density at radius 3 is 2.44 bits per heavy atom. The molecule has 0 aliphatic rings. The van der Waals surface area contributed by atoms with Crippen LogP contribution in [0.25, 0.3) is 0 Å². The maximum Gasteiger partial charge on any atom is 0.128 e. The summed E-state index contributed by atoms with van der Waals surface area (Å²) in [6, 6.07) is 1.68. The zero-order valence-electron chi connectivity index (χ0n) is 10.4. The van der Waals surface area contributed by atoms with Gasteiger partial charge in [-0.05, 0) is 24.5 Å². The molecule has 2 unspecified atom stereocenters.